The van der Waals surface area contributed by atoms with Crippen LogP contribution in [-0.4, -0.2) is 28.9 Å². The number of nitrogens with two attached hydrogens (primary N) is 1. The van der Waals surface area contributed by atoms with Crippen molar-refractivity contribution in [3.05, 3.63) is 0 Å². The third kappa shape index (κ3) is 2.46. The molecule has 0 bridgehead atoms. The van der Waals surface area contributed by atoms with Gasteiger partial charge < -0.3 is 10.6 Å². The van der Waals surface area contributed by atoms with Crippen molar-refractivity contribution in [3.8, 4) is 0 Å². The summed E-state index contributed by atoms with van der Waals surface area (Å²) in [7, 11) is 0. The van der Waals surface area contributed by atoms with Crippen LogP contribution in [0, 0.1) is 11.3 Å². The minimum Gasteiger partial charge on any atom is -0.392 e. The van der Waals surface area contributed by atoms with Crippen LogP contribution in [0.25, 0.3) is 0 Å². The van der Waals surface area contributed by atoms with E-state index in [0.717, 1.165) is 44.7 Å². The SMILES string of the molecule is CCCC1CCN(C(=O)C2(C(N)=S)CC2)CC1. The Kier molecular flexibility index (Phi) is 3.71. The highest BCUT2D eigenvalue weighted by atomic mass is 32.1. The standard InChI is InChI=1S/C13H22N2OS/c1-2-3-10-4-8-15(9-5-10)12(16)13(6-7-13)11(14)17/h10H,2-9H2,1H3,(H2,14,17). The van der Waals surface area contributed by atoms with Gasteiger partial charge in [0.15, 0.2) is 0 Å². The Bertz CT molecular complexity index is 317. The minimum absolute atomic E-state index is 0.194. The molecule has 0 spiro atoms. The fraction of sp³-hybridized carbons (Fsp3) is 0.846. The number of rotatable bonds is 4. The van der Waals surface area contributed by atoms with E-state index in [1.807, 2.05) is 4.90 Å². The molecule has 96 valence electrons. The summed E-state index contributed by atoms with van der Waals surface area (Å²) >= 11 is 5.03. The first-order valence-electron chi connectivity index (χ1n) is 6.69. The molecule has 1 saturated heterocycles. The second kappa shape index (κ2) is 4.92. The predicted molar refractivity (Wildman–Crippen MR) is 72.7 cm³/mol. The van der Waals surface area contributed by atoms with Crippen molar-refractivity contribution in [2.75, 3.05) is 13.1 Å². The summed E-state index contributed by atoms with van der Waals surface area (Å²) < 4.78 is 0. The molecule has 0 aromatic heterocycles. The van der Waals surface area contributed by atoms with Crippen LogP contribution in [-0.2, 0) is 4.79 Å². The van der Waals surface area contributed by atoms with Gasteiger partial charge in [-0.05, 0) is 31.6 Å². The first-order chi connectivity index (χ1) is 8.10. The molecule has 0 atom stereocenters. The van der Waals surface area contributed by atoms with E-state index >= 15 is 0 Å². The van der Waals surface area contributed by atoms with Gasteiger partial charge >= 0.3 is 0 Å². The van der Waals surface area contributed by atoms with E-state index in [-0.39, 0.29) is 5.91 Å². The number of hydrogen-bond acceptors (Lipinski definition) is 2. The van der Waals surface area contributed by atoms with Gasteiger partial charge in [-0.1, -0.05) is 32.0 Å². The lowest BCUT2D eigenvalue weighted by atomic mass is 9.91. The number of carbonyl (C=O) groups is 1. The quantitative estimate of drug-likeness (QED) is 0.781. The molecule has 2 fully saturated rings. The summed E-state index contributed by atoms with van der Waals surface area (Å²) in [5, 5.41) is 0. The summed E-state index contributed by atoms with van der Waals surface area (Å²) in [4.78, 5) is 14.7. The summed E-state index contributed by atoms with van der Waals surface area (Å²) in [5.41, 5.74) is 5.25. The van der Waals surface area contributed by atoms with Crippen LogP contribution in [0.1, 0.15) is 45.4 Å². The molecule has 2 N–H and O–H groups in total. The molecule has 0 radical (unpaired) electrons. The largest absolute Gasteiger partial charge is 0.392 e. The first-order valence-corrected chi connectivity index (χ1v) is 7.10. The Labute approximate surface area is 109 Å². The van der Waals surface area contributed by atoms with E-state index in [1.54, 1.807) is 0 Å². The number of amides is 1. The van der Waals surface area contributed by atoms with Crippen molar-refractivity contribution in [3.63, 3.8) is 0 Å². The molecular formula is C13H22N2OS. The van der Waals surface area contributed by atoms with E-state index in [1.165, 1.54) is 12.8 Å². The van der Waals surface area contributed by atoms with Crippen LogP contribution in [0.5, 0.6) is 0 Å². The van der Waals surface area contributed by atoms with Crippen molar-refractivity contribution in [1.82, 2.24) is 4.90 Å². The van der Waals surface area contributed by atoms with E-state index in [4.69, 9.17) is 18.0 Å². The summed E-state index contributed by atoms with van der Waals surface area (Å²) in [6, 6.07) is 0. The van der Waals surface area contributed by atoms with Crippen molar-refractivity contribution in [1.29, 1.82) is 0 Å². The summed E-state index contributed by atoms with van der Waals surface area (Å²) in [6.07, 6.45) is 6.55. The van der Waals surface area contributed by atoms with Gasteiger partial charge in [0.1, 0.15) is 0 Å². The number of piperidine rings is 1. The Morgan fingerprint density at radius 1 is 1.41 bits per heavy atom. The molecule has 2 rings (SSSR count). The highest BCUT2D eigenvalue weighted by molar-refractivity contribution is 7.80. The molecule has 0 unspecified atom stereocenters. The smallest absolute Gasteiger partial charge is 0.235 e. The van der Waals surface area contributed by atoms with Crippen LogP contribution in [0.3, 0.4) is 0 Å². The minimum atomic E-state index is -0.451. The van der Waals surface area contributed by atoms with Crippen LogP contribution in [0.2, 0.25) is 0 Å². The van der Waals surface area contributed by atoms with Crippen LogP contribution >= 0.6 is 12.2 Å². The molecule has 0 aromatic carbocycles. The molecule has 1 heterocycles. The van der Waals surface area contributed by atoms with Crippen LogP contribution in [0.15, 0.2) is 0 Å². The predicted octanol–water partition coefficient (Wildman–Crippen LogP) is 2.09. The van der Waals surface area contributed by atoms with Gasteiger partial charge in [-0.15, -0.1) is 0 Å². The Morgan fingerprint density at radius 3 is 2.41 bits per heavy atom. The highest BCUT2D eigenvalue weighted by Gasteiger charge is 2.54. The third-order valence-electron chi connectivity index (χ3n) is 4.23. The zero-order valence-corrected chi connectivity index (χ0v) is 11.4. The van der Waals surface area contributed by atoms with Crippen molar-refractivity contribution in [2.45, 2.75) is 45.4 Å². The fourth-order valence-electron chi connectivity index (χ4n) is 2.83. The number of thiocarbonyl (C=S) groups is 1. The molecule has 2 aliphatic rings. The molecule has 1 aliphatic carbocycles. The first kappa shape index (κ1) is 12.8. The summed E-state index contributed by atoms with van der Waals surface area (Å²) in [6.45, 7) is 4.02. The average molecular weight is 254 g/mol. The lowest BCUT2D eigenvalue weighted by Crippen LogP contribution is -2.46. The Balaban J connectivity index is 1.89. The molecule has 3 nitrogen and oxygen atoms in total. The van der Waals surface area contributed by atoms with Gasteiger partial charge in [-0.3, -0.25) is 4.79 Å². The number of hydrogen-bond donors (Lipinski definition) is 1. The molecule has 17 heavy (non-hydrogen) atoms. The zero-order chi connectivity index (χ0) is 12.5. The monoisotopic (exact) mass is 254 g/mol. The zero-order valence-electron chi connectivity index (χ0n) is 10.6. The fourth-order valence-corrected chi connectivity index (χ4v) is 3.12. The molecule has 4 heteroatoms. The number of likely N-dealkylation sites (tertiary alicyclic amines) is 1. The van der Waals surface area contributed by atoms with Gasteiger partial charge in [0, 0.05) is 13.1 Å². The molecular weight excluding hydrogens is 232 g/mol. The second-order valence-electron chi connectivity index (χ2n) is 5.47. The molecule has 1 amide bonds. The van der Waals surface area contributed by atoms with Gasteiger partial charge in [0.05, 0.1) is 10.4 Å². The third-order valence-corrected chi connectivity index (χ3v) is 4.62. The Hall–Kier alpha value is -0.640. The summed E-state index contributed by atoms with van der Waals surface area (Å²) in [5.74, 6) is 1.00. The highest BCUT2D eigenvalue weighted by Crippen LogP contribution is 2.48. The lowest BCUT2D eigenvalue weighted by molar-refractivity contribution is -0.135. The van der Waals surface area contributed by atoms with Gasteiger partial charge in [0.2, 0.25) is 5.91 Å². The van der Waals surface area contributed by atoms with E-state index in [0.29, 0.717) is 4.99 Å². The topological polar surface area (TPSA) is 46.3 Å². The maximum Gasteiger partial charge on any atom is 0.235 e. The second-order valence-corrected chi connectivity index (χ2v) is 5.91. The van der Waals surface area contributed by atoms with Crippen LogP contribution < -0.4 is 5.73 Å². The normalized spacial score (nSPS) is 23.5. The number of nitrogens with zero attached hydrogens (tertiary/aromatic N) is 1. The van der Waals surface area contributed by atoms with Crippen molar-refractivity contribution in [2.24, 2.45) is 17.1 Å². The maximum atomic E-state index is 12.3. The van der Waals surface area contributed by atoms with Crippen molar-refractivity contribution >= 4 is 23.1 Å². The average Bonchev–Trinajstić information content (AvgIpc) is 3.11. The van der Waals surface area contributed by atoms with Crippen molar-refractivity contribution < 1.29 is 4.79 Å². The van der Waals surface area contributed by atoms with Crippen LogP contribution in [0.4, 0.5) is 0 Å². The Morgan fingerprint density at radius 2 is 2.00 bits per heavy atom. The van der Waals surface area contributed by atoms with Gasteiger partial charge in [-0.2, -0.15) is 0 Å². The van der Waals surface area contributed by atoms with E-state index < -0.39 is 5.41 Å². The maximum absolute atomic E-state index is 12.3. The van der Waals surface area contributed by atoms with E-state index in [2.05, 4.69) is 6.92 Å². The number of carbonyl (C=O) groups excluding carboxylic acids is 1. The molecule has 0 aromatic rings. The lowest BCUT2D eigenvalue weighted by Gasteiger charge is -2.34. The van der Waals surface area contributed by atoms with E-state index in [9.17, 15) is 4.79 Å². The van der Waals surface area contributed by atoms with Gasteiger partial charge in [-0.25, -0.2) is 0 Å². The molecule has 1 saturated carbocycles. The van der Waals surface area contributed by atoms with Gasteiger partial charge in [0.25, 0.3) is 0 Å². The molecule has 1 aliphatic heterocycles.